The van der Waals surface area contributed by atoms with Crippen molar-refractivity contribution >= 4 is 29.5 Å². The van der Waals surface area contributed by atoms with Crippen LogP contribution in [0.25, 0.3) is 23.3 Å². The second kappa shape index (κ2) is 14.7. The number of ketones is 1. The fraction of sp³-hybridized carbons (Fsp3) is 0.353. The maximum Gasteiger partial charge on any atom is 0.260 e. The Morgan fingerprint density at radius 2 is 1.62 bits per heavy atom. The number of hydrogen-bond acceptors (Lipinski definition) is 3. The minimum atomic E-state index is -0.376. The van der Waals surface area contributed by atoms with Gasteiger partial charge in [0.05, 0.1) is 12.2 Å². The molecule has 1 N–H and O–H groups in total. The van der Waals surface area contributed by atoms with E-state index in [0.717, 1.165) is 34.6 Å². The van der Waals surface area contributed by atoms with E-state index in [0.29, 0.717) is 30.0 Å². The van der Waals surface area contributed by atoms with Crippen molar-refractivity contribution in [3.63, 3.8) is 0 Å². The fourth-order valence-electron chi connectivity index (χ4n) is 4.99. The Morgan fingerprint density at radius 3 is 2.33 bits per heavy atom. The van der Waals surface area contributed by atoms with Gasteiger partial charge in [-0.25, -0.2) is 0 Å². The highest BCUT2D eigenvalue weighted by atomic mass is 35.5. The average Bonchev–Trinajstić information content (AvgIpc) is 2.95. The maximum absolute atomic E-state index is 13.4. The largest absolute Gasteiger partial charge is 0.494 e. The molecule has 1 aliphatic carbocycles. The number of benzene rings is 2. The summed E-state index contributed by atoms with van der Waals surface area (Å²) in [5.41, 5.74) is 3.69. The van der Waals surface area contributed by atoms with Gasteiger partial charge in [0, 0.05) is 21.9 Å². The van der Waals surface area contributed by atoms with Crippen molar-refractivity contribution < 1.29 is 9.53 Å². The summed E-state index contributed by atoms with van der Waals surface area (Å²) in [4.78, 5) is 29.4. The van der Waals surface area contributed by atoms with Gasteiger partial charge in [-0.15, -0.1) is 0 Å². The van der Waals surface area contributed by atoms with Crippen LogP contribution in [0.2, 0.25) is 0 Å². The normalized spacial score (nSPS) is 12.8. The number of aromatic nitrogens is 1. The van der Waals surface area contributed by atoms with E-state index in [1.807, 2.05) is 60.7 Å². The Balaban J connectivity index is 1.41. The lowest BCUT2D eigenvalue weighted by Gasteiger charge is -2.19. The van der Waals surface area contributed by atoms with Crippen molar-refractivity contribution in [2.75, 3.05) is 6.61 Å². The summed E-state index contributed by atoms with van der Waals surface area (Å²) in [6, 6.07) is 17.2. The van der Waals surface area contributed by atoms with E-state index in [1.165, 1.54) is 51.0 Å². The molecule has 0 bridgehead atoms. The number of carbonyl (C=O) groups is 1. The third-order valence-electron chi connectivity index (χ3n) is 7.13. The third-order valence-corrected chi connectivity index (χ3v) is 7.43. The number of halogens is 1. The Bertz CT molecular complexity index is 1350. The van der Waals surface area contributed by atoms with Crippen LogP contribution in [0.1, 0.15) is 91.9 Å². The molecule has 3 aromatic rings. The first-order valence-electron chi connectivity index (χ1n) is 14.2. The number of allylic oxidation sites excluding steroid dienone is 2. The molecule has 1 heterocycles. The van der Waals surface area contributed by atoms with Crippen molar-refractivity contribution in [2.45, 2.75) is 71.1 Å². The molecule has 0 radical (unpaired) electrons. The van der Waals surface area contributed by atoms with Crippen LogP contribution in [0.5, 0.6) is 5.75 Å². The molecule has 5 heteroatoms. The molecule has 0 amide bonds. The van der Waals surface area contributed by atoms with Crippen LogP contribution in [0.4, 0.5) is 0 Å². The number of rotatable bonds is 14. The molecule has 0 fully saturated rings. The molecule has 0 spiro atoms. The summed E-state index contributed by atoms with van der Waals surface area (Å²) >= 11 is 6.36. The molecule has 0 aliphatic heterocycles. The minimum absolute atomic E-state index is 0.129. The first kappa shape index (κ1) is 28.6. The number of aryl methyl sites for hydroxylation is 1. The number of pyridine rings is 1. The molecule has 0 atom stereocenters. The molecule has 4 rings (SSSR count). The zero-order valence-electron chi connectivity index (χ0n) is 22.8. The van der Waals surface area contributed by atoms with Gasteiger partial charge in [0.1, 0.15) is 5.75 Å². The van der Waals surface area contributed by atoms with Gasteiger partial charge in [-0.05, 0) is 54.7 Å². The first-order valence-corrected chi connectivity index (χ1v) is 14.6. The molecule has 1 aromatic heterocycles. The lowest BCUT2D eigenvalue weighted by atomic mass is 9.89. The first-order chi connectivity index (χ1) is 19.1. The quantitative estimate of drug-likeness (QED) is 0.125. The topological polar surface area (TPSA) is 59.2 Å². The Labute approximate surface area is 236 Å². The van der Waals surface area contributed by atoms with Gasteiger partial charge < -0.3 is 9.72 Å². The van der Waals surface area contributed by atoms with Crippen LogP contribution >= 0.6 is 11.6 Å². The number of nitrogens with one attached hydrogen (secondary N) is 1. The highest BCUT2D eigenvalue weighted by Gasteiger charge is 2.23. The molecule has 0 saturated carbocycles. The SMILES string of the molecule is CCCCCCCCCCOc1ccc(C=CC(=O)c2c(-c3ccccc3)c3c([nH]c2=O)CCC(Cl)=C3)cc1. The van der Waals surface area contributed by atoms with E-state index in [4.69, 9.17) is 16.3 Å². The molecular weight excluding hydrogens is 506 g/mol. The van der Waals surface area contributed by atoms with Crippen LogP contribution in [0.3, 0.4) is 0 Å². The second-order valence-electron chi connectivity index (χ2n) is 10.1. The lowest BCUT2D eigenvalue weighted by molar-refractivity contribution is 0.104. The molecule has 1 aliphatic rings. The van der Waals surface area contributed by atoms with E-state index in [1.54, 1.807) is 6.08 Å². The van der Waals surface area contributed by atoms with Gasteiger partial charge in [-0.1, -0.05) is 112 Å². The summed E-state index contributed by atoms with van der Waals surface area (Å²) in [5.74, 6) is 0.477. The van der Waals surface area contributed by atoms with Gasteiger partial charge in [0.2, 0.25) is 0 Å². The van der Waals surface area contributed by atoms with Crippen molar-refractivity contribution in [3.05, 3.63) is 98.4 Å². The van der Waals surface area contributed by atoms with Crippen molar-refractivity contribution in [1.82, 2.24) is 4.98 Å². The number of carbonyl (C=O) groups excluding carboxylic acids is 1. The summed E-state index contributed by atoms with van der Waals surface area (Å²) in [7, 11) is 0. The lowest BCUT2D eigenvalue weighted by Crippen LogP contribution is -2.22. The summed E-state index contributed by atoms with van der Waals surface area (Å²) < 4.78 is 5.89. The van der Waals surface area contributed by atoms with Crippen LogP contribution < -0.4 is 10.3 Å². The third kappa shape index (κ3) is 8.06. The van der Waals surface area contributed by atoms with E-state index in [2.05, 4.69) is 11.9 Å². The predicted molar refractivity (Wildman–Crippen MR) is 163 cm³/mol. The van der Waals surface area contributed by atoms with Crippen LogP contribution in [-0.2, 0) is 6.42 Å². The molecule has 4 nitrogen and oxygen atoms in total. The molecule has 0 saturated heterocycles. The fourth-order valence-corrected chi connectivity index (χ4v) is 5.20. The predicted octanol–water partition coefficient (Wildman–Crippen LogP) is 8.98. The van der Waals surface area contributed by atoms with Gasteiger partial charge in [-0.2, -0.15) is 0 Å². The van der Waals surface area contributed by atoms with Crippen molar-refractivity contribution in [3.8, 4) is 16.9 Å². The molecular formula is C34H38ClNO3. The summed E-state index contributed by atoms with van der Waals surface area (Å²) in [6.07, 6.45) is 16.5. The number of fused-ring (bicyclic) bond motifs is 1. The summed E-state index contributed by atoms with van der Waals surface area (Å²) in [6.45, 7) is 2.96. The Kier molecular flexibility index (Phi) is 10.8. The van der Waals surface area contributed by atoms with E-state index in [9.17, 15) is 9.59 Å². The molecule has 2 aromatic carbocycles. The number of hydrogen-bond donors (Lipinski definition) is 1. The zero-order chi connectivity index (χ0) is 27.5. The number of ether oxygens (including phenoxy) is 1. The standard InChI is InChI=1S/C34H38ClNO3/c1-2-3-4-5-6-7-8-12-23-39-28-19-15-25(16-20-28)17-22-31(37)33-32(26-13-10-9-11-14-26)29-24-27(35)18-21-30(29)36-34(33)38/h9-11,13-17,19-20,22,24H,2-8,12,18,21,23H2,1H3,(H,36,38). The molecule has 39 heavy (non-hydrogen) atoms. The van der Waals surface area contributed by atoms with Crippen LogP contribution in [-0.4, -0.2) is 17.4 Å². The number of aromatic amines is 1. The highest BCUT2D eigenvalue weighted by Crippen LogP contribution is 2.34. The minimum Gasteiger partial charge on any atom is -0.494 e. The zero-order valence-corrected chi connectivity index (χ0v) is 23.6. The van der Waals surface area contributed by atoms with Crippen molar-refractivity contribution in [1.29, 1.82) is 0 Å². The average molecular weight is 544 g/mol. The monoisotopic (exact) mass is 543 g/mol. The maximum atomic E-state index is 13.4. The van der Waals surface area contributed by atoms with Crippen LogP contribution in [0, 0.1) is 0 Å². The van der Waals surface area contributed by atoms with Crippen molar-refractivity contribution in [2.24, 2.45) is 0 Å². The number of H-pyrrole nitrogens is 1. The van der Waals surface area contributed by atoms with E-state index in [-0.39, 0.29) is 16.9 Å². The second-order valence-corrected chi connectivity index (χ2v) is 10.6. The molecule has 0 unspecified atom stereocenters. The number of unbranched alkanes of at least 4 members (excludes halogenated alkanes) is 7. The van der Waals surface area contributed by atoms with Gasteiger partial charge >= 0.3 is 0 Å². The van der Waals surface area contributed by atoms with Gasteiger partial charge in [0.15, 0.2) is 5.78 Å². The van der Waals surface area contributed by atoms with E-state index < -0.39 is 0 Å². The Hall–Kier alpha value is -3.37. The molecule has 204 valence electrons. The van der Waals surface area contributed by atoms with Gasteiger partial charge in [0.25, 0.3) is 5.56 Å². The van der Waals surface area contributed by atoms with E-state index >= 15 is 0 Å². The smallest absolute Gasteiger partial charge is 0.260 e. The highest BCUT2D eigenvalue weighted by molar-refractivity contribution is 6.32. The van der Waals surface area contributed by atoms with Gasteiger partial charge in [-0.3, -0.25) is 9.59 Å². The Morgan fingerprint density at radius 1 is 0.923 bits per heavy atom. The van der Waals surface area contributed by atoms with Crippen LogP contribution in [0.15, 0.2) is 70.5 Å². The summed E-state index contributed by atoms with van der Waals surface area (Å²) in [5, 5.41) is 0.713.